The molecule has 1 aliphatic heterocycles. The van der Waals surface area contributed by atoms with Crippen LogP contribution in [0.5, 0.6) is 0 Å². The van der Waals surface area contributed by atoms with E-state index in [1.807, 2.05) is 26.8 Å². The Kier molecular flexibility index (Phi) is 5.31. The van der Waals surface area contributed by atoms with Gasteiger partial charge in [-0.2, -0.15) is 0 Å². The van der Waals surface area contributed by atoms with E-state index in [9.17, 15) is 4.79 Å². The molecular formula is C18H25N5O2. The van der Waals surface area contributed by atoms with Gasteiger partial charge in [-0.05, 0) is 46.1 Å². The van der Waals surface area contributed by atoms with Gasteiger partial charge in [0.1, 0.15) is 5.76 Å². The largest absolute Gasteiger partial charge is 0.361 e. The number of nitrogens with zero attached hydrogens (tertiary/aromatic N) is 4. The average molecular weight is 343 g/mol. The maximum atomic E-state index is 12.4. The minimum Gasteiger partial charge on any atom is -0.361 e. The second kappa shape index (κ2) is 7.63. The van der Waals surface area contributed by atoms with Crippen LogP contribution in [-0.2, 0) is 11.2 Å². The number of aromatic nitrogens is 3. The fraction of sp³-hybridized carbons (Fsp3) is 0.556. The highest BCUT2D eigenvalue weighted by atomic mass is 16.5. The second-order valence-electron chi connectivity index (χ2n) is 6.60. The molecule has 25 heavy (non-hydrogen) atoms. The van der Waals surface area contributed by atoms with Crippen molar-refractivity contribution in [3.8, 4) is 0 Å². The standard InChI is InChI=1S/C18H25N5O2/c1-12-4-8-20-18(21-12)23-10-6-15(7-11-23)17(24)19-9-5-16-13(2)22-25-14(16)3/h4,8,15H,5-7,9-11H2,1-3H3,(H,19,24). The maximum Gasteiger partial charge on any atom is 0.225 e. The van der Waals surface area contributed by atoms with Crippen molar-refractivity contribution >= 4 is 11.9 Å². The molecule has 3 heterocycles. The van der Waals surface area contributed by atoms with E-state index in [0.717, 1.165) is 61.0 Å². The molecule has 1 fully saturated rings. The number of anilines is 1. The summed E-state index contributed by atoms with van der Waals surface area (Å²) in [4.78, 5) is 23.3. The van der Waals surface area contributed by atoms with Crippen molar-refractivity contribution in [2.45, 2.75) is 40.0 Å². The van der Waals surface area contributed by atoms with Crippen LogP contribution in [0, 0.1) is 26.7 Å². The van der Waals surface area contributed by atoms with E-state index in [-0.39, 0.29) is 11.8 Å². The number of hydrogen-bond acceptors (Lipinski definition) is 6. The number of aryl methyl sites for hydroxylation is 3. The Morgan fingerprint density at radius 2 is 2.08 bits per heavy atom. The molecule has 1 N–H and O–H groups in total. The summed E-state index contributed by atoms with van der Waals surface area (Å²) in [5, 5.41) is 6.99. The minimum absolute atomic E-state index is 0.0609. The van der Waals surface area contributed by atoms with Gasteiger partial charge in [0.2, 0.25) is 11.9 Å². The first-order chi connectivity index (χ1) is 12.0. The first-order valence-corrected chi connectivity index (χ1v) is 8.78. The molecule has 134 valence electrons. The van der Waals surface area contributed by atoms with E-state index in [2.05, 4.69) is 25.3 Å². The number of carbonyl (C=O) groups excluding carboxylic acids is 1. The zero-order valence-corrected chi connectivity index (χ0v) is 15.1. The SMILES string of the molecule is Cc1ccnc(N2CCC(C(=O)NCCc3c(C)noc3C)CC2)n1. The van der Waals surface area contributed by atoms with E-state index in [0.29, 0.717) is 6.54 Å². The van der Waals surface area contributed by atoms with Gasteiger partial charge in [0.15, 0.2) is 0 Å². The summed E-state index contributed by atoms with van der Waals surface area (Å²) in [7, 11) is 0. The molecule has 0 spiro atoms. The van der Waals surface area contributed by atoms with E-state index in [1.165, 1.54) is 0 Å². The predicted octanol–water partition coefficient (Wildman–Crippen LogP) is 1.97. The summed E-state index contributed by atoms with van der Waals surface area (Å²) in [6.45, 7) is 8.03. The lowest BCUT2D eigenvalue weighted by Crippen LogP contribution is -2.41. The first kappa shape index (κ1) is 17.4. The van der Waals surface area contributed by atoms with Crippen molar-refractivity contribution in [1.82, 2.24) is 20.4 Å². The highest BCUT2D eigenvalue weighted by Crippen LogP contribution is 2.21. The third-order valence-corrected chi connectivity index (χ3v) is 4.79. The lowest BCUT2D eigenvalue weighted by molar-refractivity contribution is -0.125. The summed E-state index contributed by atoms with van der Waals surface area (Å²) in [6, 6.07) is 1.89. The zero-order chi connectivity index (χ0) is 17.8. The third-order valence-electron chi connectivity index (χ3n) is 4.79. The fourth-order valence-electron chi connectivity index (χ4n) is 3.24. The van der Waals surface area contributed by atoms with E-state index in [1.54, 1.807) is 6.20 Å². The summed E-state index contributed by atoms with van der Waals surface area (Å²) in [5.41, 5.74) is 2.95. The van der Waals surface area contributed by atoms with Crippen LogP contribution in [-0.4, -0.2) is 40.7 Å². The minimum atomic E-state index is 0.0609. The molecule has 0 aliphatic carbocycles. The molecule has 3 rings (SSSR count). The van der Waals surface area contributed by atoms with Crippen LogP contribution < -0.4 is 10.2 Å². The predicted molar refractivity (Wildman–Crippen MR) is 94.4 cm³/mol. The molecule has 7 nitrogen and oxygen atoms in total. The molecule has 0 aromatic carbocycles. The van der Waals surface area contributed by atoms with Crippen LogP contribution in [0.4, 0.5) is 5.95 Å². The van der Waals surface area contributed by atoms with Gasteiger partial charge in [0, 0.05) is 43.0 Å². The van der Waals surface area contributed by atoms with Crippen LogP contribution in [0.15, 0.2) is 16.8 Å². The number of carbonyl (C=O) groups is 1. The monoisotopic (exact) mass is 343 g/mol. The van der Waals surface area contributed by atoms with Crippen molar-refractivity contribution in [2.24, 2.45) is 5.92 Å². The Morgan fingerprint density at radius 3 is 2.72 bits per heavy atom. The Hall–Kier alpha value is -2.44. The Bertz CT molecular complexity index is 715. The Balaban J connectivity index is 1.45. The van der Waals surface area contributed by atoms with Gasteiger partial charge in [-0.25, -0.2) is 9.97 Å². The van der Waals surface area contributed by atoms with Crippen LogP contribution in [0.3, 0.4) is 0 Å². The quantitative estimate of drug-likeness (QED) is 0.893. The molecule has 0 atom stereocenters. The van der Waals surface area contributed by atoms with Crippen LogP contribution in [0.2, 0.25) is 0 Å². The lowest BCUT2D eigenvalue weighted by Gasteiger charge is -2.31. The van der Waals surface area contributed by atoms with Crippen LogP contribution in [0.1, 0.15) is 35.6 Å². The second-order valence-corrected chi connectivity index (χ2v) is 6.60. The molecule has 0 unspecified atom stereocenters. The highest BCUT2D eigenvalue weighted by molar-refractivity contribution is 5.78. The number of piperidine rings is 1. The topological polar surface area (TPSA) is 84.2 Å². The molecule has 7 heteroatoms. The summed E-state index contributed by atoms with van der Waals surface area (Å²) < 4.78 is 5.15. The van der Waals surface area contributed by atoms with Crippen molar-refractivity contribution < 1.29 is 9.32 Å². The Labute approximate surface area is 147 Å². The number of hydrogen-bond donors (Lipinski definition) is 1. The summed E-state index contributed by atoms with van der Waals surface area (Å²) >= 11 is 0. The van der Waals surface area contributed by atoms with Crippen LogP contribution >= 0.6 is 0 Å². The molecule has 2 aromatic rings. The third kappa shape index (κ3) is 4.15. The van der Waals surface area contributed by atoms with E-state index >= 15 is 0 Å². The van der Waals surface area contributed by atoms with Crippen molar-refractivity contribution in [3.63, 3.8) is 0 Å². The average Bonchev–Trinajstić information content (AvgIpc) is 2.94. The fourth-order valence-corrected chi connectivity index (χ4v) is 3.24. The number of nitrogens with one attached hydrogen (secondary N) is 1. The van der Waals surface area contributed by atoms with E-state index < -0.39 is 0 Å². The van der Waals surface area contributed by atoms with E-state index in [4.69, 9.17) is 4.52 Å². The van der Waals surface area contributed by atoms with Gasteiger partial charge in [0.05, 0.1) is 5.69 Å². The van der Waals surface area contributed by atoms with Gasteiger partial charge >= 0.3 is 0 Å². The van der Waals surface area contributed by atoms with Crippen molar-refractivity contribution in [2.75, 3.05) is 24.5 Å². The normalized spacial score (nSPS) is 15.4. The smallest absolute Gasteiger partial charge is 0.225 e. The molecule has 0 saturated carbocycles. The van der Waals surface area contributed by atoms with Gasteiger partial charge in [0.25, 0.3) is 0 Å². The first-order valence-electron chi connectivity index (χ1n) is 8.78. The van der Waals surface area contributed by atoms with Gasteiger partial charge in [-0.1, -0.05) is 5.16 Å². The van der Waals surface area contributed by atoms with Crippen molar-refractivity contribution in [1.29, 1.82) is 0 Å². The lowest BCUT2D eigenvalue weighted by atomic mass is 9.96. The molecule has 1 aliphatic rings. The molecule has 0 bridgehead atoms. The number of rotatable bonds is 5. The maximum absolute atomic E-state index is 12.4. The highest BCUT2D eigenvalue weighted by Gasteiger charge is 2.26. The zero-order valence-electron chi connectivity index (χ0n) is 15.1. The van der Waals surface area contributed by atoms with Gasteiger partial charge in [-0.15, -0.1) is 0 Å². The molecule has 1 saturated heterocycles. The van der Waals surface area contributed by atoms with Crippen LogP contribution in [0.25, 0.3) is 0 Å². The van der Waals surface area contributed by atoms with Gasteiger partial charge in [-0.3, -0.25) is 4.79 Å². The molecule has 0 radical (unpaired) electrons. The summed E-state index contributed by atoms with van der Waals surface area (Å²) in [6.07, 6.45) is 4.19. The molecule has 1 amide bonds. The Morgan fingerprint density at radius 1 is 1.32 bits per heavy atom. The molecule has 2 aromatic heterocycles. The molecular weight excluding hydrogens is 318 g/mol. The van der Waals surface area contributed by atoms with Gasteiger partial charge < -0.3 is 14.7 Å². The van der Waals surface area contributed by atoms with Crippen molar-refractivity contribution in [3.05, 3.63) is 35.0 Å². The number of amides is 1. The summed E-state index contributed by atoms with van der Waals surface area (Å²) in [5.74, 6) is 1.79.